The van der Waals surface area contributed by atoms with E-state index in [0.29, 0.717) is 16.1 Å². The number of hydrogen-bond acceptors (Lipinski definition) is 4. The van der Waals surface area contributed by atoms with E-state index < -0.39 is 12.1 Å². The normalized spacial score (nSPS) is 11.7. The Balaban J connectivity index is 1.88. The number of thiophene rings is 1. The van der Waals surface area contributed by atoms with E-state index in [1.54, 1.807) is 12.1 Å². The van der Waals surface area contributed by atoms with Gasteiger partial charge in [-0.3, -0.25) is 4.79 Å². The number of esters is 1. The standard InChI is InChI=1S/C22H21NO3S/c1-14-9-10-15(2)18(13-14)23-21(24)19(17-7-5-4-6-8-17)26-22(25)20-16(3)11-12-27-20/h4-13,19H,1-3H3,(H,23,24)/t19-/m1/s1. The minimum absolute atomic E-state index is 0.377. The van der Waals surface area contributed by atoms with Gasteiger partial charge in [-0.05, 0) is 55.0 Å². The van der Waals surface area contributed by atoms with Crippen LogP contribution < -0.4 is 5.32 Å². The van der Waals surface area contributed by atoms with Crippen molar-refractivity contribution in [3.05, 3.63) is 87.1 Å². The third-order valence-corrected chi connectivity index (χ3v) is 5.26. The molecule has 0 aliphatic carbocycles. The molecule has 0 aliphatic rings. The molecule has 138 valence electrons. The maximum atomic E-state index is 13.0. The van der Waals surface area contributed by atoms with Gasteiger partial charge in [0.1, 0.15) is 4.88 Å². The smallest absolute Gasteiger partial charge is 0.349 e. The molecule has 0 radical (unpaired) electrons. The largest absolute Gasteiger partial charge is 0.443 e. The number of anilines is 1. The number of aryl methyl sites for hydroxylation is 3. The number of rotatable bonds is 5. The lowest BCUT2D eigenvalue weighted by molar-refractivity contribution is -0.125. The van der Waals surface area contributed by atoms with Gasteiger partial charge in [-0.1, -0.05) is 42.5 Å². The summed E-state index contributed by atoms with van der Waals surface area (Å²) in [6.45, 7) is 5.73. The van der Waals surface area contributed by atoms with Gasteiger partial charge in [0.2, 0.25) is 6.10 Å². The van der Waals surface area contributed by atoms with Crippen molar-refractivity contribution in [3.8, 4) is 0 Å². The molecule has 1 amide bonds. The summed E-state index contributed by atoms with van der Waals surface area (Å²) in [6.07, 6.45) is -1.03. The highest BCUT2D eigenvalue weighted by atomic mass is 32.1. The number of ether oxygens (including phenoxy) is 1. The van der Waals surface area contributed by atoms with Crippen molar-refractivity contribution in [1.82, 2.24) is 0 Å². The van der Waals surface area contributed by atoms with E-state index in [0.717, 1.165) is 16.7 Å². The number of benzene rings is 2. The van der Waals surface area contributed by atoms with Crippen molar-refractivity contribution in [2.75, 3.05) is 5.32 Å². The predicted octanol–water partition coefficient (Wildman–Crippen LogP) is 5.21. The zero-order chi connectivity index (χ0) is 19.4. The summed E-state index contributed by atoms with van der Waals surface area (Å²) in [5.41, 5.74) is 4.17. The van der Waals surface area contributed by atoms with Gasteiger partial charge in [0.15, 0.2) is 0 Å². The molecule has 0 spiro atoms. The van der Waals surface area contributed by atoms with Crippen molar-refractivity contribution in [2.24, 2.45) is 0 Å². The first-order valence-electron chi connectivity index (χ1n) is 8.64. The van der Waals surface area contributed by atoms with Crippen molar-refractivity contribution in [2.45, 2.75) is 26.9 Å². The van der Waals surface area contributed by atoms with E-state index in [1.165, 1.54) is 11.3 Å². The molecule has 3 rings (SSSR count). The Morgan fingerprint density at radius 2 is 1.70 bits per heavy atom. The van der Waals surface area contributed by atoms with Crippen LogP contribution in [-0.2, 0) is 9.53 Å². The summed E-state index contributed by atoms with van der Waals surface area (Å²) in [7, 11) is 0. The highest BCUT2D eigenvalue weighted by Gasteiger charge is 2.27. The highest BCUT2D eigenvalue weighted by Crippen LogP contribution is 2.25. The van der Waals surface area contributed by atoms with Gasteiger partial charge in [0, 0.05) is 11.3 Å². The average molecular weight is 379 g/mol. The molecular formula is C22H21NO3S. The minimum Gasteiger partial charge on any atom is -0.443 e. The Labute approximate surface area is 162 Å². The second-order valence-electron chi connectivity index (χ2n) is 6.44. The molecule has 1 heterocycles. The maximum Gasteiger partial charge on any atom is 0.349 e. The van der Waals surface area contributed by atoms with Crippen molar-refractivity contribution in [3.63, 3.8) is 0 Å². The molecule has 1 aromatic heterocycles. The van der Waals surface area contributed by atoms with Crippen LogP contribution in [0.2, 0.25) is 0 Å². The molecule has 0 unspecified atom stereocenters. The first kappa shape index (κ1) is 18.9. The summed E-state index contributed by atoms with van der Waals surface area (Å²) < 4.78 is 5.63. The van der Waals surface area contributed by atoms with Gasteiger partial charge >= 0.3 is 5.97 Å². The molecule has 27 heavy (non-hydrogen) atoms. The van der Waals surface area contributed by atoms with Gasteiger partial charge in [-0.15, -0.1) is 11.3 Å². The van der Waals surface area contributed by atoms with E-state index in [9.17, 15) is 9.59 Å². The zero-order valence-electron chi connectivity index (χ0n) is 15.5. The molecule has 1 atom stereocenters. The second kappa shape index (κ2) is 8.18. The Morgan fingerprint density at radius 1 is 0.963 bits per heavy atom. The summed E-state index contributed by atoms with van der Waals surface area (Å²) >= 11 is 1.31. The lowest BCUT2D eigenvalue weighted by atomic mass is 10.1. The van der Waals surface area contributed by atoms with Crippen molar-refractivity contribution in [1.29, 1.82) is 0 Å². The van der Waals surface area contributed by atoms with E-state index in [4.69, 9.17) is 4.74 Å². The highest BCUT2D eigenvalue weighted by molar-refractivity contribution is 7.12. The Morgan fingerprint density at radius 3 is 2.37 bits per heavy atom. The van der Waals surface area contributed by atoms with E-state index in [2.05, 4.69) is 5.32 Å². The van der Waals surface area contributed by atoms with Crippen LogP contribution in [0.4, 0.5) is 5.69 Å². The molecule has 1 N–H and O–H groups in total. The maximum absolute atomic E-state index is 13.0. The Hall–Kier alpha value is -2.92. The molecule has 4 nitrogen and oxygen atoms in total. The van der Waals surface area contributed by atoms with Crippen molar-refractivity contribution >= 4 is 28.9 Å². The fourth-order valence-electron chi connectivity index (χ4n) is 2.71. The van der Waals surface area contributed by atoms with Gasteiger partial charge < -0.3 is 10.1 Å². The van der Waals surface area contributed by atoms with Crippen LogP contribution in [0.1, 0.15) is 38.0 Å². The van der Waals surface area contributed by atoms with Crippen molar-refractivity contribution < 1.29 is 14.3 Å². The summed E-state index contributed by atoms with van der Waals surface area (Å²) in [5, 5.41) is 4.74. The van der Waals surface area contributed by atoms with Crippen LogP contribution >= 0.6 is 11.3 Å². The summed E-state index contributed by atoms with van der Waals surface area (Å²) in [6, 6.07) is 16.7. The predicted molar refractivity (Wildman–Crippen MR) is 108 cm³/mol. The fraction of sp³-hybridized carbons (Fsp3) is 0.182. The quantitative estimate of drug-likeness (QED) is 0.619. The SMILES string of the molecule is Cc1ccc(C)c(NC(=O)[C@H](OC(=O)c2sccc2C)c2ccccc2)c1. The van der Waals surface area contributed by atoms with Crippen LogP contribution in [0.3, 0.4) is 0 Å². The van der Waals surface area contributed by atoms with Crippen LogP contribution in [0.5, 0.6) is 0 Å². The van der Waals surface area contributed by atoms with Gasteiger partial charge in [0.25, 0.3) is 5.91 Å². The summed E-state index contributed by atoms with van der Waals surface area (Å²) in [5.74, 6) is -0.870. The summed E-state index contributed by atoms with van der Waals surface area (Å²) in [4.78, 5) is 26.1. The number of amides is 1. The molecule has 0 aliphatic heterocycles. The number of nitrogens with one attached hydrogen (secondary N) is 1. The molecule has 0 bridgehead atoms. The Bertz CT molecular complexity index is 963. The van der Waals surface area contributed by atoms with Crippen LogP contribution in [-0.4, -0.2) is 11.9 Å². The molecule has 3 aromatic rings. The lowest BCUT2D eigenvalue weighted by Gasteiger charge is -2.19. The van der Waals surface area contributed by atoms with E-state index in [-0.39, 0.29) is 5.91 Å². The lowest BCUT2D eigenvalue weighted by Crippen LogP contribution is -2.26. The molecule has 0 fully saturated rings. The van der Waals surface area contributed by atoms with E-state index >= 15 is 0 Å². The molecule has 5 heteroatoms. The van der Waals surface area contributed by atoms with Gasteiger partial charge in [-0.25, -0.2) is 4.79 Å². The number of carbonyl (C=O) groups excluding carboxylic acids is 2. The third kappa shape index (κ3) is 4.44. The molecular weight excluding hydrogens is 358 g/mol. The average Bonchev–Trinajstić information content (AvgIpc) is 3.09. The monoisotopic (exact) mass is 379 g/mol. The topological polar surface area (TPSA) is 55.4 Å². The minimum atomic E-state index is -1.03. The number of hydrogen-bond donors (Lipinski definition) is 1. The van der Waals surface area contributed by atoms with E-state index in [1.807, 2.05) is 68.6 Å². The van der Waals surface area contributed by atoms with Crippen LogP contribution in [0, 0.1) is 20.8 Å². The van der Waals surface area contributed by atoms with Crippen LogP contribution in [0.15, 0.2) is 60.0 Å². The molecule has 0 saturated heterocycles. The third-order valence-electron chi connectivity index (χ3n) is 4.26. The first-order chi connectivity index (χ1) is 13.0. The molecule has 0 saturated carbocycles. The van der Waals surface area contributed by atoms with Crippen LogP contribution in [0.25, 0.3) is 0 Å². The fourth-order valence-corrected chi connectivity index (χ4v) is 3.52. The van der Waals surface area contributed by atoms with Gasteiger partial charge in [-0.2, -0.15) is 0 Å². The first-order valence-corrected chi connectivity index (χ1v) is 9.52. The molecule has 2 aromatic carbocycles. The second-order valence-corrected chi connectivity index (χ2v) is 7.35. The zero-order valence-corrected chi connectivity index (χ0v) is 16.3. The number of carbonyl (C=O) groups is 2. The Kier molecular flexibility index (Phi) is 5.72. The van der Waals surface area contributed by atoms with Gasteiger partial charge in [0.05, 0.1) is 0 Å².